The first-order valence-electron chi connectivity index (χ1n) is 9.40. The van der Waals surface area contributed by atoms with E-state index in [1.54, 1.807) is 11.8 Å². The van der Waals surface area contributed by atoms with Crippen molar-refractivity contribution in [3.63, 3.8) is 0 Å². The van der Waals surface area contributed by atoms with Gasteiger partial charge in [-0.25, -0.2) is 0 Å². The highest BCUT2D eigenvalue weighted by atomic mass is 32.2. The fourth-order valence-corrected chi connectivity index (χ4v) is 4.64. The first-order chi connectivity index (χ1) is 12.1. The van der Waals surface area contributed by atoms with E-state index >= 15 is 0 Å². The number of hydrogen-bond acceptors (Lipinski definition) is 4. The van der Waals surface area contributed by atoms with Crippen LogP contribution in [0.15, 0.2) is 29.2 Å². The Bertz CT molecular complexity index is 591. The minimum atomic E-state index is 0.150. The van der Waals surface area contributed by atoms with Crippen molar-refractivity contribution >= 4 is 17.7 Å². The summed E-state index contributed by atoms with van der Waals surface area (Å²) in [5.74, 6) is 0.331. The highest BCUT2D eigenvalue weighted by Gasteiger charge is 2.41. The van der Waals surface area contributed by atoms with Gasteiger partial charge in [0, 0.05) is 56.1 Å². The fourth-order valence-electron chi connectivity index (χ4n) is 4.23. The van der Waals surface area contributed by atoms with Gasteiger partial charge >= 0.3 is 0 Å². The molecule has 0 unspecified atom stereocenters. The van der Waals surface area contributed by atoms with Crippen LogP contribution in [0.25, 0.3) is 0 Å². The second-order valence-corrected chi connectivity index (χ2v) is 8.31. The van der Waals surface area contributed by atoms with Crippen LogP contribution < -0.4 is 0 Å². The molecule has 1 aromatic rings. The summed E-state index contributed by atoms with van der Waals surface area (Å²) in [5.41, 5.74) is 1.54. The first kappa shape index (κ1) is 18.7. The molecular weight excluding hydrogens is 330 g/mol. The highest BCUT2D eigenvalue weighted by molar-refractivity contribution is 7.98. The maximum Gasteiger partial charge on any atom is 0.222 e. The second kappa shape index (κ2) is 8.11. The Hall–Kier alpha value is -1.04. The van der Waals surface area contributed by atoms with Gasteiger partial charge in [-0.2, -0.15) is 0 Å². The third-order valence-electron chi connectivity index (χ3n) is 6.03. The van der Waals surface area contributed by atoms with Crippen LogP contribution in [0.2, 0.25) is 0 Å². The summed E-state index contributed by atoms with van der Waals surface area (Å²) in [7, 11) is 2.25. The average molecular weight is 362 g/mol. The van der Waals surface area contributed by atoms with E-state index in [0.717, 1.165) is 52.1 Å². The van der Waals surface area contributed by atoms with Gasteiger partial charge in [0.1, 0.15) is 0 Å². The van der Waals surface area contributed by atoms with Crippen LogP contribution in [0.4, 0.5) is 0 Å². The summed E-state index contributed by atoms with van der Waals surface area (Å²) in [5, 5.41) is 0. The van der Waals surface area contributed by atoms with Crippen LogP contribution >= 0.6 is 11.8 Å². The molecule has 3 rings (SSSR count). The number of carbonyl (C=O) groups excluding carboxylic acids is 1. The van der Waals surface area contributed by atoms with Gasteiger partial charge in [0.15, 0.2) is 0 Å². The molecule has 0 saturated carbocycles. The lowest BCUT2D eigenvalue weighted by atomic mass is 9.86. The molecule has 25 heavy (non-hydrogen) atoms. The Morgan fingerprint density at radius 1 is 1.12 bits per heavy atom. The van der Waals surface area contributed by atoms with Crippen molar-refractivity contribution in [3.8, 4) is 0 Å². The quantitative estimate of drug-likeness (QED) is 0.771. The maximum absolute atomic E-state index is 12.3. The van der Waals surface area contributed by atoms with Crippen molar-refractivity contribution in [3.05, 3.63) is 29.8 Å². The Kier molecular flexibility index (Phi) is 6.08. The molecule has 4 nitrogen and oxygen atoms in total. The number of carbonyl (C=O) groups is 1. The molecule has 5 heteroatoms. The number of piperazine rings is 1. The molecule has 2 fully saturated rings. The van der Waals surface area contributed by atoms with Gasteiger partial charge < -0.3 is 4.90 Å². The number of benzene rings is 1. The van der Waals surface area contributed by atoms with Gasteiger partial charge in [-0.15, -0.1) is 11.8 Å². The topological polar surface area (TPSA) is 26.8 Å². The minimum absolute atomic E-state index is 0.150. The van der Waals surface area contributed by atoms with Gasteiger partial charge in [-0.3, -0.25) is 14.6 Å². The molecule has 0 bridgehead atoms. The zero-order chi connectivity index (χ0) is 17.9. The molecule has 1 spiro atoms. The summed E-state index contributed by atoms with van der Waals surface area (Å²) < 4.78 is 0. The van der Waals surface area contributed by atoms with Crippen molar-refractivity contribution in [1.82, 2.24) is 14.7 Å². The van der Waals surface area contributed by atoms with E-state index in [0.29, 0.717) is 12.3 Å². The third-order valence-corrected chi connectivity index (χ3v) is 6.77. The standard InChI is InChI=1S/C20H31N3OS/c1-4-23-12-11-20(10-9-19(23)24)16-22(14-13-21(20)2)15-17-5-7-18(25-3)8-6-17/h5-8H,4,9-16H2,1-3H3/t20-/m0/s1. The molecule has 0 aliphatic carbocycles. The number of hydrogen-bond donors (Lipinski definition) is 0. The van der Waals surface area contributed by atoms with Gasteiger partial charge in [0.05, 0.1) is 0 Å². The summed E-state index contributed by atoms with van der Waals surface area (Å²) >= 11 is 1.79. The molecule has 2 aliphatic heterocycles. The molecule has 1 aromatic carbocycles. The predicted octanol–water partition coefficient (Wildman–Crippen LogP) is 2.93. The Labute approximate surface area is 156 Å². The molecule has 138 valence electrons. The molecule has 0 radical (unpaired) electrons. The van der Waals surface area contributed by atoms with E-state index in [4.69, 9.17) is 0 Å². The molecular formula is C20H31N3OS. The highest BCUT2D eigenvalue weighted by Crippen LogP contribution is 2.32. The van der Waals surface area contributed by atoms with Gasteiger partial charge in [0.2, 0.25) is 5.91 Å². The second-order valence-electron chi connectivity index (χ2n) is 7.43. The molecule has 0 N–H and O–H groups in total. The molecule has 2 aliphatic rings. The minimum Gasteiger partial charge on any atom is -0.343 e. The lowest BCUT2D eigenvalue weighted by molar-refractivity contribution is -0.130. The first-order valence-corrected chi connectivity index (χ1v) is 10.6. The molecule has 1 amide bonds. The number of likely N-dealkylation sites (N-methyl/N-ethyl adjacent to an activating group) is 1. The van der Waals surface area contributed by atoms with E-state index in [-0.39, 0.29) is 5.54 Å². The maximum atomic E-state index is 12.3. The van der Waals surface area contributed by atoms with Crippen molar-refractivity contribution in [1.29, 1.82) is 0 Å². The monoisotopic (exact) mass is 361 g/mol. The van der Waals surface area contributed by atoms with E-state index in [1.165, 1.54) is 10.5 Å². The number of likely N-dealkylation sites (tertiary alicyclic amines) is 1. The normalized spacial score (nSPS) is 26.2. The van der Waals surface area contributed by atoms with Crippen molar-refractivity contribution in [2.75, 3.05) is 46.0 Å². The summed E-state index contributed by atoms with van der Waals surface area (Å²) in [6, 6.07) is 8.95. The van der Waals surface area contributed by atoms with Gasteiger partial charge in [-0.1, -0.05) is 12.1 Å². The molecule has 2 heterocycles. The Morgan fingerprint density at radius 3 is 2.56 bits per heavy atom. The van der Waals surface area contributed by atoms with Crippen LogP contribution in [0.3, 0.4) is 0 Å². The van der Waals surface area contributed by atoms with Crippen LogP contribution in [0.1, 0.15) is 31.7 Å². The number of nitrogens with zero attached hydrogens (tertiary/aromatic N) is 3. The van der Waals surface area contributed by atoms with Crippen molar-refractivity contribution in [2.45, 2.75) is 43.2 Å². The Morgan fingerprint density at radius 2 is 1.88 bits per heavy atom. The largest absolute Gasteiger partial charge is 0.343 e. The fraction of sp³-hybridized carbons (Fsp3) is 0.650. The van der Waals surface area contributed by atoms with Crippen molar-refractivity contribution in [2.24, 2.45) is 0 Å². The SMILES string of the molecule is CCN1CC[C@@]2(CCC1=O)CN(Cc1ccc(SC)cc1)CCN2C. The smallest absolute Gasteiger partial charge is 0.222 e. The number of thioether (sulfide) groups is 1. The summed E-state index contributed by atoms with van der Waals surface area (Å²) in [6.45, 7) is 8.09. The van der Waals surface area contributed by atoms with E-state index in [9.17, 15) is 4.79 Å². The van der Waals surface area contributed by atoms with Crippen LogP contribution in [-0.4, -0.2) is 72.2 Å². The average Bonchev–Trinajstić information content (AvgIpc) is 2.79. The van der Waals surface area contributed by atoms with Crippen LogP contribution in [-0.2, 0) is 11.3 Å². The number of amides is 1. The molecule has 1 atom stereocenters. The van der Waals surface area contributed by atoms with E-state index < -0.39 is 0 Å². The van der Waals surface area contributed by atoms with Crippen LogP contribution in [0.5, 0.6) is 0 Å². The van der Waals surface area contributed by atoms with Gasteiger partial charge in [0.25, 0.3) is 0 Å². The third kappa shape index (κ3) is 4.21. The molecule has 0 aromatic heterocycles. The zero-order valence-corrected chi connectivity index (χ0v) is 16.6. The summed E-state index contributed by atoms with van der Waals surface area (Å²) in [6.07, 6.45) is 4.88. The molecule has 2 saturated heterocycles. The van der Waals surface area contributed by atoms with E-state index in [1.807, 2.05) is 4.90 Å². The van der Waals surface area contributed by atoms with Crippen LogP contribution in [0, 0.1) is 0 Å². The lowest BCUT2D eigenvalue weighted by Crippen LogP contribution is -2.60. The van der Waals surface area contributed by atoms with E-state index in [2.05, 4.69) is 54.3 Å². The zero-order valence-electron chi connectivity index (χ0n) is 15.8. The summed E-state index contributed by atoms with van der Waals surface area (Å²) in [4.78, 5) is 20.8. The Balaban J connectivity index is 1.69. The van der Waals surface area contributed by atoms with Crippen molar-refractivity contribution < 1.29 is 4.79 Å². The number of rotatable bonds is 4. The predicted molar refractivity (Wildman–Crippen MR) is 105 cm³/mol. The van der Waals surface area contributed by atoms with Gasteiger partial charge in [-0.05, 0) is 50.8 Å². The lowest BCUT2D eigenvalue weighted by Gasteiger charge is -2.49.